The van der Waals surface area contributed by atoms with Gasteiger partial charge in [0.05, 0.1) is 5.69 Å². The minimum absolute atomic E-state index is 0.0173. The second kappa shape index (κ2) is 9.46. The number of benzene rings is 2. The molecule has 2 aliphatic rings. The highest BCUT2D eigenvalue weighted by atomic mass is 16.5. The third-order valence-electron chi connectivity index (χ3n) is 7.54. The van der Waals surface area contributed by atoms with Gasteiger partial charge in [0.1, 0.15) is 12.4 Å². The van der Waals surface area contributed by atoms with Crippen LogP contribution in [-0.4, -0.2) is 29.8 Å². The molecule has 0 radical (unpaired) electrons. The number of allylic oxidation sites excluding steroid dienone is 1. The fraction of sp³-hybridized carbons (Fsp3) is 0.333. The molecule has 2 aliphatic carbocycles. The Hall–Kier alpha value is -3.40. The smallest absolute Gasteiger partial charge is 0.187 e. The summed E-state index contributed by atoms with van der Waals surface area (Å²) in [6, 6.07) is 22.9. The zero-order valence-corrected chi connectivity index (χ0v) is 20.0. The van der Waals surface area contributed by atoms with E-state index in [-0.39, 0.29) is 11.2 Å². The summed E-state index contributed by atoms with van der Waals surface area (Å²) in [4.78, 5) is 18.7. The number of hydrogen-bond acceptors (Lipinski definition) is 4. The predicted octanol–water partition coefficient (Wildman–Crippen LogP) is 6.02. The van der Waals surface area contributed by atoms with Gasteiger partial charge in [-0.05, 0) is 66.5 Å². The van der Waals surface area contributed by atoms with Gasteiger partial charge in [-0.3, -0.25) is 9.78 Å². The van der Waals surface area contributed by atoms with Crippen LogP contribution >= 0.6 is 0 Å². The summed E-state index contributed by atoms with van der Waals surface area (Å²) >= 11 is 0. The van der Waals surface area contributed by atoms with Gasteiger partial charge in [0.2, 0.25) is 0 Å². The molecule has 0 amide bonds. The third-order valence-corrected chi connectivity index (χ3v) is 7.54. The first-order chi connectivity index (χ1) is 16.5. The molecule has 4 heteroatoms. The second-order valence-corrected chi connectivity index (χ2v) is 9.91. The van der Waals surface area contributed by atoms with Crippen LogP contribution in [0.2, 0.25) is 0 Å². The summed E-state index contributed by atoms with van der Waals surface area (Å²) in [5.41, 5.74) is 4.36. The molecule has 174 valence electrons. The first-order valence-electron chi connectivity index (χ1n) is 12.2. The number of rotatable bonds is 8. The number of pyridine rings is 1. The topological polar surface area (TPSA) is 42.4 Å². The number of carbonyl (C=O) groups excluding carboxylic acids is 1. The van der Waals surface area contributed by atoms with Crippen LogP contribution in [0.4, 0.5) is 0 Å². The van der Waals surface area contributed by atoms with Crippen molar-refractivity contribution in [2.24, 2.45) is 11.8 Å². The molecule has 4 nitrogen and oxygen atoms in total. The Morgan fingerprint density at radius 1 is 1.03 bits per heavy atom. The fourth-order valence-corrected chi connectivity index (χ4v) is 5.94. The molecule has 1 unspecified atom stereocenters. The quantitative estimate of drug-likeness (QED) is 0.309. The minimum Gasteiger partial charge on any atom is -0.487 e. The van der Waals surface area contributed by atoms with Crippen LogP contribution in [0, 0.1) is 11.8 Å². The van der Waals surface area contributed by atoms with Crippen molar-refractivity contribution in [3.8, 4) is 5.75 Å². The zero-order valence-electron chi connectivity index (χ0n) is 20.0. The van der Waals surface area contributed by atoms with E-state index in [2.05, 4.69) is 41.4 Å². The average Bonchev–Trinajstić information content (AvgIpc) is 3.49. The highest BCUT2D eigenvalue weighted by molar-refractivity contribution is 6.04. The monoisotopic (exact) mass is 452 g/mol. The van der Waals surface area contributed by atoms with Crippen LogP contribution in [0.25, 0.3) is 0 Å². The van der Waals surface area contributed by atoms with Gasteiger partial charge in [-0.15, -0.1) is 0 Å². The van der Waals surface area contributed by atoms with Crippen LogP contribution < -0.4 is 4.74 Å². The van der Waals surface area contributed by atoms with Crippen molar-refractivity contribution in [3.63, 3.8) is 0 Å². The van der Waals surface area contributed by atoms with Crippen LogP contribution in [0.1, 0.15) is 52.9 Å². The minimum atomic E-state index is 0.0173. The van der Waals surface area contributed by atoms with E-state index in [4.69, 9.17) is 4.74 Å². The van der Waals surface area contributed by atoms with Crippen molar-refractivity contribution in [3.05, 3.63) is 108 Å². The van der Waals surface area contributed by atoms with Gasteiger partial charge in [0.25, 0.3) is 0 Å². The second-order valence-electron chi connectivity index (χ2n) is 9.91. The molecule has 5 rings (SSSR count). The van der Waals surface area contributed by atoms with Crippen molar-refractivity contribution in [1.82, 2.24) is 9.88 Å². The van der Waals surface area contributed by atoms with Crippen molar-refractivity contribution < 1.29 is 9.53 Å². The SMILES string of the molecule is CN(C)/C=C/C(=O)c1ccc([C@]2(c3ccc(OCc4ccccn4)cc3)CC3CC[C@@H]2C3)cc1. The van der Waals surface area contributed by atoms with Crippen LogP contribution in [0.15, 0.2) is 85.2 Å². The molecule has 34 heavy (non-hydrogen) atoms. The lowest BCUT2D eigenvalue weighted by Crippen LogP contribution is -2.34. The Bertz CT molecular complexity index is 1150. The molecule has 2 fully saturated rings. The lowest BCUT2D eigenvalue weighted by atomic mass is 9.64. The highest BCUT2D eigenvalue weighted by Crippen LogP contribution is 2.60. The number of hydrogen-bond donors (Lipinski definition) is 0. The van der Waals surface area contributed by atoms with E-state index in [1.54, 1.807) is 18.5 Å². The molecule has 1 aromatic heterocycles. The summed E-state index contributed by atoms with van der Waals surface area (Å²) < 4.78 is 5.98. The summed E-state index contributed by atoms with van der Waals surface area (Å²) in [6.45, 7) is 0.466. The Labute approximate surface area is 202 Å². The molecule has 3 aromatic rings. The molecular weight excluding hydrogens is 420 g/mol. The number of ketones is 1. The van der Waals surface area contributed by atoms with E-state index in [9.17, 15) is 4.79 Å². The first-order valence-corrected chi connectivity index (χ1v) is 12.2. The zero-order chi connectivity index (χ0) is 23.5. The van der Waals surface area contributed by atoms with Crippen LogP contribution in [0.3, 0.4) is 0 Å². The molecule has 2 bridgehead atoms. The molecule has 2 aromatic carbocycles. The standard InChI is InChI=1S/C30H32N2O2/c1-32(2)18-16-29(33)23-7-10-24(11-8-23)30(20-22-6-9-26(30)19-22)25-12-14-28(15-13-25)34-21-27-5-3-4-17-31-27/h3-5,7-8,10-18,22,26H,6,9,19-21H2,1-2H3/b18-16+/t22?,26-,30+/m1/s1. The van der Waals surface area contributed by atoms with Crippen molar-refractivity contribution in [2.75, 3.05) is 14.1 Å². The Morgan fingerprint density at radius 3 is 2.35 bits per heavy atom. The van der Waals surface area contributed by atoms with Gasteiger partial charge in [0, 0.05) is 43.5 Å². The van der Waals surface area contributed by atoms with Gasteiger partial charge < -0.3 is 9.64 Å². The van der Waals surface area contributed by atoms with E-state index in [1.807, 2.05) is 49.3 Å². The van der Waals surface area contributed by atoms with E-state index in [1.165, 1.54) is 36.8 Å². The van der Waals surface area contributed by atoms with Crippen LogP contribution in [-0.2, 0) is 12.0 Å². The molecule has 3 atom stereocenters. The largest absolute Gasteiger partial charge is 0.487 e. The number of aromatic nitrogens is 1. The number of carbonyl (C=O) groups is 1. The van der Waals surface area contributed by atoms with Crippen LogP contribution in [0.5, 0.6) is 5.75 Å². The Kier molecular flexibility index (Phi) is 6.23. The normalized spacial score (nSPS) is 23.4. The van der Waals surface area contributed by atoms with Crippen molar-refractivity contribution in [2.45, 2.75) is 37.7 Å². The molecule has 1 heterocycles. The van der Waals surface area contributed by atoms with Crippen molar-refractivity contribution >= 4 is 5.78 Å². The molecule has 0 saturated heterocycles. The predicted molar refractivity (Wildman–Crippen MR) is 135 cm³/mol. The van der Waals surface area contributed by atoms with Gasteiger partial charge in [0.15, 0.2) is 5.78 Å². The van der Waals surface area contributed by atoms with E-state index in [0.717, 1.165) is 22.9 Å². The molecular formula is C30H32N2O2. The first kappa shape index (κ1) is 22.4. The number of nitrogens with zero attached hydrogens (tertiary/aromatic N) is 2. The summed E-state index contributed by atoms with van der Waals surface area (Å²) in [5.74, 6) is 2.33. The lowest BCUT2D eigenvalue weighted by molar-refractivity contribution is 0.104. The molecule has 0 aliphatic heterocycles. The van der Waals surface area contributed by atoms with Gasteiger partial charge in [-0.1, -0.05) is 48.9 Å². The fourth-order valence-electron chi connectivity index (χ4n) is 5.94. The summed E-state index contributed by atoms with van der Waals surface area (Å²) in [7, 11) is 3.83. The van der Waals surface area contributed by atoms with E-state index in [0.29, 0.717) is 12.5 Å². The van der Waals surface area contributed by atoms with E-state index < -0.39 is 0 Å². The maximum absolute atomic E-state index is 12.5. The Morgan fingerprint density at radius 2 is 1.76 bits per heavy atom. The molecule has 2 saturated carbocycles. The molecule has 0 spiro atoms. The highest BCUT2D eigenvalue weighted by Gasteiger charge is 2.52. The van der Waals surface area contributed by atoms with Gasteiger partial charge >= 0.3 is 0 Å². The average molecular weight is 453 g/mol. The number of fused-ring (bicyclic) bond motifs is 2. The maximum atomic E-state index is 12.5. The summed E-state index contributed by atoms with van der Waals surface area (Å²) in [6.07, 6.45) is 10.3. The van der Waals surface area contributed by atoms with E-state index >= 15 is 0 Å². The molecule has 0 N–H and O–H groups in total. The third kappa shape index (κ3) is 4.37. The number of ether oxygens (including phenoxy) is 1. The summed E-state index contributed by atoms with van der Waals surface area (Å²) in [5, 5.41) is 0. The van der Waals surface area contributed by atoms with Gasteiger partial charge in [-0.2, -0.15) is 0 Å². The lowest BCUT2D eigenvalue weighted by Gasteiger charge is -2.39. The van der Waals surface area contributed by atoms with Crippen molar-refractivity contribution in [1.29, 1.82) is 0 Å². The maximum Gasteiger partial charge on any atom is 0.187 e. The van der Waals surface area contributed by atoms with Gasteiger partial charge in [-0.25, -0.2) is 0 Å². The Balaban J connectivity index is 1.39.